The maximum atomic E-state index is 6.09. The maximum absolute atomic E-state index is 6.09. The van der Waals surface area contributed by atoms with Crippen molar-refractivity contribution in [3.05, 3.63) is 29.2 Å². The largest absolute Gasteiger partial charge is 0.383 e. The van der Waals surface area contributed by atoms with Gasteiger partial charge in [0.2, 0.25) is 0 Å². The van der Waals surface area contributed by atoms with E-state index >= 15 is 0 Å². The fourth-order valence-electron chi connectivity index (χ4n) is 3.38. The number of nitrogen functional groups attached to an aromatic ring is 1. The lowest BCUT2D eigenvalue weighted by Gasteiger charge is -2.20. The molecule has 4 nitrogen and oxygen atoms in total. The number of hydrogen-bond acceptors (Lipinski definition) is 3. The van der Waals surface area contributed by atoms with Gasteiger partial charge in [-0.05, 0) is 37.3 Å². The molecule has 126 valence electrons. The summed E-state index contributed by atoms with van der Waals surface area (Å²) in [5.41, 5.74) is 11.9. The summed E-state index contributed by atoms with van der Waals surface area (Å²) >= 11 is 0. The highest BCUT2D eigenvalue weighted by molar-refractivity contribution is 5.72. The number of aromatic nitrogens is 3. The molecular weight excluding hydrogens is 284 g/mol. The highest BCUT2D eigenvalue weighted by atomic mass is 15.2. The summed E-state index contributed by atoms with van der Waals surface area (Å²) < 4.78 is 1.87. The van der Waals surface area contributed by atoms with Gasteiger partial charge in [0, 0.05) is 30.6 Å². The van der Waals surface area contributed by atoms with E-state index in [-0.39, 0.29) is 0 Å². The Hall–Kier alpha value is -1.84. The minimum absolute atomic E-state index is 0.478. The Labute approximate surface area is 140 Å². The van der Waals surface area contributed by atoms with Crippen LogP contribution in [-0.4, -0.2) is 14.8 Å². The lowest BCUT2D eigenvalue weighted by atomic mass is 9.86. The van der Waals surface area contributed by atoms with Crippen LogP contribution in [0.3, 0.4) is 0 Å². The third-order valence-corrected chi connectivity index (χ3v) is 4.70. The van der Waals surface area contributed by atoms with Gasteiger partial charge in [0.25, 0.3) is 0 Å². The van der Waals surface area contributed by atoms with E-state index in [0.717, 1.165) is 11.3 Å². The van der Waals surface area contributed by atoms with Crippen molar-refractivity contribution in [2.45, 2.75) is 65.7 Å². The molecule has 0 spiro atoms. The van der Waals surface area contributed by atoms with Gasteiger partial charge in [0.05, 0.1) is 5.69 Å². The maximum Gasteiger partial charge on any atom is 0.126 e. The number of nitrogens with zero attached hydrogens (tertiary/aromatic N) is 3. The van der Waals surface area contributed by atoms with Crippen molar-refractivity contribution < 1.29 is 0 Å². The van der Waals surface area contributed by atoms with Crippen molar-refractivity contribution in [2.75, 3.05) is 5.73 Å². The quantitative estimate of drug-likeness (QED) is 0.750. The average molecular weight is 314 g/mol. The molecule has 0 aliphatic heterocycles. The lowest BCUT2D eigenvalue weighted by molar-refractivity contribution is 0.579. The lowest BCUT2D eigenvalue weighted by Crippen LogP contribution is -2.05. The second-order valence-corrected chi connectivity index (χ2v) is 6.65. The van der Waals surface area contributed by atoms with Crippen LogP contribution in [0.2, 0.25) is 0 Å². The van der Waals surface area contributed by atoms with Crippen LogP contribution >= 0.6 is 0 Å². The molecule has 4 heteroatoms. The molecule has 0 amide bonds. The summed E-state index contributed by atoms with van der Waals surface area (Å²) in [6, 6.07) is 0. The standard InChI is InChI=1S/C19H30N4/c1-6-7-8-9-10-13(2)18-14(3)19(20)21-11-16(18)17-12-23(5)22-15(17)4/h11-13H,6-10H2,1-5H3,(H2,20,21). The van der Waals surface area contributed by atoms with Crippen LogP contribution < -0.4 is 5.73 Å². The first-order valence-electron chi connectivity index (χ1n) is 8.71. The van der Waals surface area contributed by atoms with E-state index in [1.807, 2.05) is 17.9 Å². The molecule has 1 atom stereocenters. The SMILES string of the molecule is CCCCCCC(C)c1c(-c2cn(C)nc2C)cnc(N)c1C. The van der Waals surface area contributed by atoms with Crippen LogP contribution in [-0.2, 0) is 7.05 Å². The first-order chi connectivity index (χ1) is 11.0. The third kappa shape index (κ3) is 3.92. The number of rotatable bonds is 7. The Kier molecular flexibility index (Phi) is 5.80. The topological polar surface area (TPSA) is 56.7 Å². The zero-order valence-electron chi connectivity index (χ0n) is 15.2. The zero-order valence-corrected chi connectivity index (χ0v) is 15.2. The molecule has 0 aromatic carbocycles. The minimum atomic E-state index is 0.478. The molecule has 2 rings (SSSR count). The molecule has 0 saturated heterocycles. The van der Waals surface area contributed by atoms with E-state index in [2.05, 4.69) is 44.0 Å². The molecule has 2 aromatic rings. The normalized spacial score (nSPS) is 12.6. The molecule has 0 aliphatic carbocycles. The summed E-state index contributed by atoms with van der Waals surface area (Å²) in [6.45, 7) is 8.70. The first-order valence-corrected chi connectivity index (χ1v) is 8.71. The Balaban J connectivity index is 2.36. The highest BCUT2D eigenvalue weighted by Crippen LogP contribution is 2.36. The van der Waals surface area contributed by atoms with Crippen LogP contribution in [0.5, 0.6) is 0 Å². The van der Waals surface area contributed by atoms with Crippen molar-refractivity contribution >= 4 is 5.82 Å². The van der Waals surface area contributed by atoms with E-state index in [1.165, 1.54) is 48.8 Å². The van der Waals surface area contributed by atoms with Crippen LogP contribution in [0.15, 0.2) is 12.4 Å². The van der Waals surface area contributed by atoms with Crippen molar-refractivity contribution in [2.24, 2.45) is 7.05 Å². The minimum Gasteiger partial charge on any atom is -0.383 e. The van der Waals surface area contributed by atoms with Crippen LogP contribution in [0, 0.1) is 13.8 Å². The first kappa shape index (κ1) is 17.5. The summed E-state index contributed by atoms with van der Waals surface area (Å²) in [6.07, 6.45) is 10.4. The van der Waals surface area contributed by atoms with E-state index in [9.17, 15) is 0 Å². The average Bonchev–Trinajstić information content (AvgIpc) is 2.84. The summed E-state index contributed by atoms with van der Waals surface area (Å²) in [4.78, 5) is 4.40. The molecule has 0 saturated carbocycles. The van der Waals surface area contributed by atoms with Gasteiger partial charge in [0.15, 0.2) is 0 Å². The van der Waals surface area contributed by atoms with Crippen LogP contribution in [0.1, 0.15) is 68.7 Å². The van der Waals surface area contributed by atoms with E-state index in [0.29, 0.717) is 11.7 Å². The van der Waals surface area contributed by atoms with Gasteiger partial charge in [-0.25, -0.2) is 4.98 Å². The number of hydrogen-bond donors (Lipinski definition) is 1. The van der Waals surface area contributed by atoms with Crippen LogP contribution in [0.4, 0.5) is 5.82 Å². The number of aryl methyl sites for hydroxylation is 2. The Morgan fingerprint density at radius 1 is 1.17 bits per heavy atom. The molecule has 23 heavy (non-hydrogen) atoms. The van der Waals surface area contributed by atoms with E-state index < -0.39 is 0 Å². The number of pyridine rings is 1. The zero-order chi connectivity index (χ0) is 17.0. The van der Waals surface area contributed by atoms with E-state index in [1.54, 1.807) is 0 Å². The number of anilines is 1. The number of nitrogens with two attached hydrogens (primary N) is 1. The fraction of sp³-hybridized carbons (Fsp3) is 0.579. The predicted molar refractivity (Wildman–Crippen MR) is 97.5 cm³/mol. The molecule has 0 aliphatic rings. The summed E-state index contributed by atoms with van der Waals surface area (Å²) in [5.74, 6) is 1.12. The fourth-order valence-corrected chi connectivity index (χ4v) is 3.38. The Bertz CT molecular complexity index is 658. The van der Waals surface area contributed by atoms with Crippen LogP contribution in [0.25, 0.3) is 11.1 Å². The van der Waals surface area contributed by atoms with Gasteiger partial charge in [0.1, 0.15) is 5.82 Å². The smallest absolute Gasteiger partial charge is 0.126 e. The predicted octanol–water partition coefficient (Wildman–Crippen LogP) is 4.76. The van der Waals surface area contributed by atoms with Gasteiger partial charge in [-0.15, -0.1) is 0 Å². The molecule has 0 bridgehead atoms. The summed E-state index contributed by atoms with van der Waals surface area (Å²) in [5, 5.41) is 4.48. The second kappa shape index (κ2) is 7.62. The molecule has 0 radical (unpaired) electrons. The highest BCUT2D eigenvalue weighted by Gasteiger charge is 2.19. The molecule has 1 unspecified atom stereocenters. The monoisotopic (exact) mass is 314 g/mol. The van der Waals surface area contributed by atoms with Gasteiger partial charge in [-0.3, -0.25) is 4.68 Å². The Morgan fingerprint density at radius 3 is 2.52 bits per heavy atom. The van der Waals surface area contributed by atoms with Crippen molar-refractivity contribution in [3.8, 4) is 11.1 Å². The van der Waals surface area contributed by atoms with E-state index in [4.69, 9.17) is 5.73 Å². The molecule has 2 aromatic heterocycles. The van der Waals surface area contributed by atoms with Crippen molar-refractivity contribution in [1.29, 1.82) is 0 Å². The molecule has 2 N–H and O–H groups in total. The van der Waals surface area contributed by atoms with Gasteiger partial charge >= 0.3 is 0 Å². The Morgan fingerprint density at radius 2 is 1.91 bits per heavy atom. The number of unbranched alkanes of at least 4 members (excludes halogenated alkanes) is 3. The molecular formula is C19H30N4. The van der Waals surface area contributed by atoms with Gasteiger partial charge < -0.3 is 5.73 Å². The van der Waals surface area contributed by atoms with Gasteiger partial charge in [-0.2, -0.15) is 5.10 Å². The van der Waals surface area contributed by atoms with Gasteiger partial charge in [-0.1, -0.05) is 39.5 Å². The molecule has 2 heterocycles. The second-order valence-electron chi connectivity index (χ2n) is 6.65. The molecule has 0 fully saturated rings. The third-order valence-electron chi connectivity index (χ3n) is 4.70. The summed E-state index contributed by atoms with van der Waals surface area (Å²) in [7, 11) is 1.96. The van der Waals surface area contributed by atoms with Crippen molar-refractivity contribution in [1.82, 2.24) is 14.8 Å². The van der Waals surface area contributed by atoms with Crippen molar-refractivity contribution in [3.63, 3.8) is 0 Å².